The number of nitrogens with two attached hydrogens (primary N) is 1. The van der Waals surface area contributed by atoms with Crippen LogP contribution in [-0.2, 0) is 0 Å². The first-order valence-corrected chi connectivity index (χ1v) is 8.42. The lowest BCUT2D eigenvalue weighted by atomic mass is 9.72. The molecule has 1 heteroatoms. The van der Waals surface area contributed by atoms with Gasteiger partial charge in [0.1, 0.15) is 0 Å². The molecule has 18 heavy (non-hydrogen) atoms. The lowest BCUT2D eigenvalue weighted by Crippen LogP contribution is -2.38. The molecular formula is C17H29N. The predicted molar refractivity (Wildman–Crippen MR) is 74.9 cm³/mol. The summed E-state index contributed by atoms with van der Waals surface area (Å²) in [6.45, 7) is 4.87. The smallest absolute Gasteiger partial charge is 0.0101 e. The second-order valence-corrected chi connectivity index (χ2v) is 8.17. The van der Waals surface area contributed by atoms with Gasteiger partial charge in [-0.1, -0.05) is 20.3 Å². The highest BCUT2D eigenvalue weighted by Crippen LogP contribution is 2.70. The third-order valence-corrected chi connectivity index (χ3v) is 7.42. The van der Waals surface area contributed by atoms with Crippen LogP contribution in [0.2, 0.25) is 0 Å². The van der Waals surface area contributed by atoms with E-state index >= 15 is 0 Å². The van der Waals surface area contributed by atoms with Crippen molar-refractivity contribution in [3.8, 4) is 0 Å². The van der Waals surface area contributed by atoms with Crippen molar-refractivity contribution in [2.24, 2.45) is 53.1 Å². The third kappa shape index (κ3) is 1.55. The molecule has 0 aromatic rings. The fraction of sp³-hybridized carbons (Fsp3) is 1.00. The maximum Gasteiger partial charge on any atom is 0.0101 e. The van der Waals surface area contributed by atoms with E-state index in [0.717, 1.165) is 47.3 Å². The van der Waals surface area contributed by atoms with Crippen LogP contribution in [0.5, 0.6) is 0 Å². The van der Waals surface area contributed by atoms with Crippen molar-refractivity contribution in [1.29, 1.82) is 0 Å². The Labute approximate surface area is 112 Å². The summed E-state index contributed by atoms with van der Waals surface area (Å²) in [6.07, 6.45) is 8.89. The van der Waals surface area contributed by atoms with Gasteiger partial charge in [-0.15, -0.1) is 0 Å². The van der Waals surface area contributed by atoms with Crippen LogP contribution in [-0.4, -0.2) is 6.04 Å². The second kappa shape index (κ2) is 3.98. The van der Waals surface area contributed by atoms with Crippen LogP contribution < -0.4 is 5.73 Å². The molecule has 0 amide bonds. The lowest BCUT2D eigenvalue weighted by Gasteiger charge is -2.36. The first-order valence-electron chi connectivity index (χ1n) is 8.42. The van der Waals surface area contributed by atoms with Gasteiger partial charge < -0.3 is 5.73 Å². The largest absolute Gasteiger partial charge is 0.327 e. The third-order valence-electron chi connectivity index (χ3n) is 7.42. The van der Waals surface area contributed by atoms with Crippen molar-refractivity contribution >= 4 is 0 Å². The number of rotatable bonds is 2. The summed E-state index contributed by atoms with van der Waals surface area (Å²) in [7, 11) is 0. The van der Waals surface area contributed by atoms with Gasteiger partial charge in [-0.05, 0) is 79.4 Å². The van der Waals surface area contributed by atoms with Gasteiger partial charge in [0.05, 0.1) is 0 Å². The minimum atomic E-state index is 0.554. The van der Waals surface area contributed by atoms with Crippen molar-refractivity contribution in [3.63, 3.8) is 0 Å². The topological polar surface area (TPSA) is 26.0 Å². The predicted octanol–water partition coefficient (Wildman–Crippen LogP) is 3.68. The van der Waals surface area contributed by atoms with E-state index < -0.39 is 0 Å². The quantitative estimate of drug-likeness (QED) is 0.791. The van der Waals surface area contributed by atoms with Crippen molar-refractivity contribution in [1.82, 2.24) is 0 Å². The lowest BCUT2D eigenvalue weighted by molar-refractivity contribution is 0.168. The average molecular weight is 247 g/mol. The van der Waals surface area contributed by atoms with Gasteiger partial charge in [-0.2, -0.15) is 0 Å². The van der Waals surface area contributed by atoms with E-state index in [1.54, 1.807) is 6.42 Å². The highest BCUT2D eigenvalue weighted by molar-refractivity contribution is 5.16. The normalized spacial score (nSPS) is 59.5. The Morgan fingerprint density at radius 1 is 0.833 bits per heavy atom. The molecule has 1 nitrogen and oxygen atoms in total. The average Bonchev–Trinajstić information content (AvgIpc) is 2.80. The van der Waals surface area contributed by atoms with Crippen LogP contribution in [0.4, 0.5) is 0 Å². The van der Waals surface area contributed by atoms with Gasteiger partial charge in [0.25, 0.3) is 0 Å². The maximum atomic E-state index is 6.70. The maximum absolute atomic E-state index is 6.70. The first kappa shape index (κ1) is 11.8. The summed E-state index contributed by atoms with van der Waals surface area (Å²) in [5.74, 6) is 7.98. The van der Waals surface area contributed by atoms with E-state index in [4.69, 9.17) is 5.73 Å². The molecule has 0 spiro atoms. The van der Waals surface area contributed by atoms with Crippen LogP contribution >= 0.6 is 0 Å². The molecule has 4 rings (SSSR count). The van der Waals surface area contributed by atoms with Gasteiger partial charge in [0, 0.05) is 6.04 Å². The molecule has 0 saturated heterocycles. The highest BCUT2D eigenvalue weighted by Gasteiger charge is 2.66. The van der Waals surface area contributed by atoms with Crippen LogP contribution in [0.15, 0.2) is 0 Å². The summed E-state index contributed by atoms with van der Waals surface area (Å²) in [5, 5.41) is 0. The fourth-order valence-corrected chi connectivity index (χ4v) is 6.16. The van der Waals surface area contributed by atoms with E-state index in [1.807, 2.05) is 0 Å². The number of hydrogen-bond donors (Lipinski definition) is 1. The van der Waals surface area contributed by atoms with Gasteiger partial charge in [0.2, 0.25) is 0 Å². The molecule has 8 atom stereocenters. The highest BCUT2D eigenvalue weighted by atomic mass is 14.8. The Morgan fingerprint density at radius 3 is 2.11 bits per heavy atom. The first-order chi connectivity index (χ1) is 8.66. The van der Waals surface area contributed by atoms with Crippen molar-refractivity contribution < 1.29 is 0 Å². The van der Waals surface area contributed by atoms with E-state index in [9.17, 15) is 0 Å². The molecular weight excluding hydrogens is 218 g/mol. The molecule has 0 aromatic heterocycles. The number of hydrogen-bond acceptors (Lipinski definition) is 1. The number of fused-ring (bicyclic) bond motifs is 5. The van der Waals surface area contributed by atoms with E-state index in [1.165, 1.54) is 32.1 Å². The molecule has 2 N–H and O–H groups in total. The summed E-state index contributed by atoms with van der Waals surface area (Å²) in [6, 6.07) is 0.554. The van der Waals surface area contributed by atoms with Gasteiger partial charge in [-0.25, -0.2) is 0 Å². The van der Waals surface area contributed by atoms with Crippen molar-refractivity contribution in [2.75, 3.05) is 0 Å². The molecule has 0 heterocycles. The monoisotopic (exact) mass is 247 g/mol. The molecule has 2 bridgehead atoms. The second-order valence-electron chi connectivity index (χ2n) is 8.17. The van der Waals surface area contributed by atoms with Crippen molar-refractivity contribution in [3.05, 3.63) is 0 Å². The van der Waals surface area contributed by atoms with E-state index in [0.29, 0.717) is 6.04 Å². The molecule has 0 radical (unpaired) electrons. The zero-order valence-electron chi connectivity index (χ0n) is 12.0. The Hall–Kier alpha value is -0.0400. The molecule has 4 aliphatic rings. The molecule has 4 fully saturated rings. The Balaban J connectivity index is 1.42. The van der Waals surface area contributed by atoms with Crippen molar-refractivity contribution in [2.45, 2.75) is 58.4 Å². The van der Waals surface area contributed by atoms with Gasteiger partial charge in [-0.3, -0.25) is 0 Å². The summed E-state index contributed by atoms with van der Waals surface area (Å²) in [4.78, 5) is 0. The molecule has 8 unspecified atom stereocenters. The Kier molecular flexibility index (Phi) is 2.60. The molecule has 0 aromatic carbocycles. The summed E-state index contributed by atoms with van der Waals surface area (Å²) in [5.41, 5.74) is 6.70. The summed E-state index contributed by atoms with van der Waals surface area (Å²) < 4.78 is 0. The zero-order chi connectivity index (χ0) is 12.4. The molecule has 4 aliphatic carbocycles. The van der Waals surface area contributed by atoms with Gasteiger partial charge >= 0.3 is 0 Å². The van der Waals surface area contributed by atoms with Crippen LogP contribution in [0.1, 0.15) is 52.4 Å². The minimum Gasteiger partial charge on any atom is -0.327 e. The molecule has 0 aliphatic heterocycles. The fourth-order valence-electron chi connectivity index (χ4n) is 6.16. The summed E-state index contributed by atoms with van der Waals surface area (Å²) >= 11 is 0. The Morgan fingerprint density at radius 2 is 1.50 bits per heavy atom. The van der Waals surface area contributed by atoms with E-state index in [-0.39, 0.29) is 0 Å². The zero-order valence-corrected chi connectivity index (χ0v) is 12.0. The van der Waals surface area contributed by atoms with Crippen LogP contribution in [0, 0.1) is 47.3 Å². The molecule has 4 saturated carbocycles. The van der Waals surface area contributed by atoms with E-state index in [2.05, 4.69) is 13.8 Å². The standard InChI is InChI=1S/C17H29N/c1-9-3-4-13(7-10(9)2)17(18)16-14-11-5-6-12(8-11)15(14)16/h9-17H,3-8,18H2,1-2H3. The minimum absolute atomic E-state index is 0.554. The van der Waals surface area contributed by atoms with Crippen LogP contribution in [0.25, 0.3) is 0 Å². The van der Waals surface area contributed by atoms with Gasteiger partial charge in [0.15, 0.2) is 0 Å². The molecule has 102 valence electrons. The Bertz CT molecular complexity index is 323. The SMILES string of the molecule is CC1CCC(C(N)C2C3C4CCC(C4)C32)CC1C. The van der Waals surface area contributed by atoms with Crippen LogP contribution in [0.3, 0.4) is 0 Å².